The van der Waals surface area contributed by atoms with Crippen molar-refractivity contribution in [3.63, 3.8) is 0 Å². The largest absolute Gasteiger partial charge is 0.347 e. The van der Waals surface area contributed by atoms with E-state index >= 15 is 0 Å². The highest BCUT2D eigenvalue weighted by atomic mass is 32.2. The van der Waals surface area contributed by atoms with Crippen LogP contribution in [0.25, 0.3) is 0 Å². The Hall–Kier alpha value is -2.00. The lowest BCUT2D eigenvalue weighted by Crippen LogP contribution is -2.41. The summed E-state index contributed by atoms with van der Waals surface area (Å²) in [7, 11) is -4.17. The average molecular weight is 315 g/mol. The van der Waals surface area contributed by atoms with Gasteiger partial charge in [0, 0.05) is 17.7 Å². The summed E-state index contributed by atoms with van der Waals surface area (Å²) >= 11 is 0. The van der Waals surface area contributed by atoms with Crippen molar-refractivity contribution in [3.05, 3.63) is 33.4 Å². The molecular weight excluding hydrogens is 298 g/mol. The van der Waals surface area contributed by atoms with Gasteiger partial charge in [0.15, 0.2) is 0 Å². The molecule has 0 aromatic heterocycles. The van der Waals surface area contributed by atoms with Crippen LogP contribution in [0.2, 0.25) is 0 Å². The van der Waals surface area contributed by atoms with Crippen molar-refractivity contribution in [1.82, 2.24) is 5.32 Å². The van der Waals surface area contributed by atoms with Crippen molar-refractivity contribution in [2.45, 2.75) is 38.1 Å². The zero-order valence-corrected chi connectivity index (χ0v) is 12.9. The van der Waals surface area contributed by atoms with E-state index in [2.05, 4.69) is 5.32 Å². The summed E-state index contributed by atoms with van der Waals surface area (Å²) in [4.78, 5) is 21.8. The highest BCUT2D eigenvalue weighted by Crippen LogP contribution is 2.25. The third-order valence-electron chi connectivity index (χ3n) is 2.60. The standard InChI is InChI=1S/C12H17N3O5S/c1-7-9(11(16)14-12(2,3)4)5-8(15(17)18)6-10(7)21(13,19)20/h5-6H,1-4H3,(H,14,16)(H2,13,19,20). The molecule has 0 atom stereocenters. The number of carbonyl (C=O) groups is 1. The number of nitrogens with zero attached hydrogens (tertiary/aromatic N) is 1. The fourth-order valence-electron chi connectivity index (χ4n) is 1.72. The zero-order valence-electron chi connectivity index (χ0n) is 12.1. The number of hydrogen-bond acceptors (Lipinski definition) is 5. The highest BCUT2D eigenvalue weighted by Gasteiger charge is 2.25. The maximum absolute atomic E-state index is 12.2. The number of carbonyl (C=O) groups excluding carboxylic acids is 1. The summed E-state index contributed by atoms with van der Waals surface area (Å²) in [5.74, 6) is -0.603. The summed E-state index contributed by atoms with van der Waals surface area (Å²) < 4.78 is 23.0. The second-order valence-electron chi connectivity index (χ2n) is 5.62. The van der Waals surface area contributed by atoms with Gasteiger partial charge in [-0.2, -0.15) is 0 Å². The van der Waals surface area contributed by atoms with Crippen LogP contribution in [0.5, 0.6) is 0 Å². The molecule has 0 aliphatic heterocycles. The van der Waals surface area contributed by atoms with Crippen LogP contribution in [-0.2, 0) is 10.0 Å². The molecule has 1 amide bonds. The number of non-ortho nitro benzene ring substituents is 1. The lowest BCUT2D eigenvalue weighted by molar-refractivity contribution is -0.385. The number of benzene rings is 1. The Bertz CT molecular complexity index is 704. The zero-order chi connectivity index (χ0) is 16.6. The van der Waals surface area contributed by atoms with Crippen molar-refractivity contribution in [3.8, 4) is 0 Å². The molecule has 1 aromatic carbocycles. The second-order valence-corrected chi connectivity index (χ2v) is 7.15. The van der Waals surface area contributed by atoms with E-state index < -0.39 is 37.0 Å². The maximum Gasteiger partial charge on any atom is 0.271 e. The molecule has 21 heavy (non-hydrogen) atoms. The first-order chi connectivity index (χ1) is 9.33. The van der Waals surface area contributed by atoms with Gasteiger partial charge >= 0.3 is 0 Å². The molecule has 1 rings (SSSR count). The molecule has 0 bridgehead atoms. The van der Waals surface area contributed by atoms with Crippen LogP contribution in [0.4, 0.5) is 5.69 Å². The van der Waals surface area contributed by atoms with E-state index in [-0.39, 0.29) is 11.1 Å². The quantitative estimate of drug-likeness (QED) is 0.636. The Labute approximate surface area is 122 Å². The molecule has 0 saturated heterocycles. The van der Waals surface area contributed by atoms with Crippen LogP contribution in [0.1, 0.15) is 36.7 Å². The van der Waals surface area contributed by atoms with E-state index in [9.17, 15) is 23.3 Å². The van der Waals surface area contributed by atoms with Gasteiger partial charge in [0.1, 0.15) is 0 Å². The molecular formula is C12H17N3O5S. The number of hydrogen-bond donors (Lipinski definition) is 2. The van der Waals surface area contributed by atoms with Crippen LogP contribution in [0, 0.1) is 17.0 Å². The van der Waals surface area contributed by atoms with Gasteiger partial charge in [-0.25, -0.2) is 13.6 Å². The van der Waals surface area contributed by atoms with E-state index in [0.717, 1.165) is 12.1 Å². The number of nitrogens with two attached hydrogens (primary N) is 1. The van der Waals surface area contributed by atoms with Gasteiger partial charge in [-0.1, -0.05) is 0 Å². The van der Waals surface area contributed by atoms with Crippen LogP contribution < -0.4 is 10.5 Å². The van der Waals surface area contributed by atoms with E-state index in [1.165, 1.54) is 6.92 Å². The minimum atomic E-state index is -4.17. The third kappa shape index (κ3) is 4.23. The number of sulfonamides is 1. The van der Waals surface area contributed by atoms with Crippen LogP contribution in [-0.4, -0.2) is 24.8 Å². The van der Waals surface area contributed by atoms with Gasteiger partial charge < -0.3 is 5.32 Å². The number of nitro groups is 1. The molecule has 0 radical (unpaired) electrons. The summed E-state index contributed by atoms with van der Waals surface area (Å²) in [5.41, 5.74) is -1.10. The SMILES string of the molecule is Cc1c(C(=O)NC(C)(C)C)cc([N+](=O)[O-])cc1S(N)(=O)=O. The molecule has 0 heterocycles. The fraction of sp³-hybridized carbons (Fsp3) is 0.417. The molecule has 116 valence electrons. The first kappa shape index (κ1) is 17.1. The molecule has 0 aliphatic rings. The van der Waals surface area contributed by atoms with Crippen LogP contribution in [0.3, 0.4) is 0 Å². The highest BCUT2D eigenvalue weighted by molar-refractivity contribution is 7.89. The third-order valence-corrected chi connectivity index (χ3v) is 3.63. The topological polar surface area (TPSA) is 132 Å². The Balaban J connectivity index is 3.55. The molecule has 8 nitrogen and oxygen atoms in total. The molecule has 1 aromatic rings. The number of nitrogens with one attached hydrogen (secondary N) is 1. The van der Waals surface area contributed by atoms with Gasteiger partial charge in [0.05, 0.1) is 15.4 Å². The first-order valence-corrected chi connectivity index (χ1v) is 7.52. The molecule has 0 saturated carbocycles. The summed E-state index contributed by atoms with van der Waals surface area (Å²) in [5, 5.41) is 18.6. The Kier molecular flexibility index (Phi) is 4.40. The van der Waals surface area contributed by atoms with Crippen LogP contribution in [0.15, 0.2) is 17.0 Å². The molecule has 0 unspecified atom stereocenters. The van der Waals surface area contributed by atoms with Gasteiger partial charge in [0.25, 0.3) is 11.6 Å². The van der Waals surface area contributed by atoms with Crippen LogP contribution >= 0.6 is 0 Å². The van der Waals surface area contributed by atoms with Crippen molar-refractivity contribution in [2.24, 2.45) is 5.14 Å². The van der Waals surface area contributed by atoms with Gasteiger partial charge in [-0.15, -0.1) is 0 Å². The minimum absolute atomic E-state index is 0.0739. The summed E-state index contributed by atoms with van der Waals surface area (Å²) in [6.07, 6.45) is 0. The van der Waals surface area contributed by atoms with Gasteiger partial charge in [-0.05, 0) is 33.3 Å². The van der Waals surface area contributed by atoms with Crippen molar-refractivity contribution < 1.29 is 18.1 Å². The predicted molar refractivity (Wildman–Crippen MR) is 76.4 cm³/mol. The Morgan fingerprint density at radius 2 is 1.86 bits per heavy atom. The minimum Gasteiger partial charge on any atom is -0.347 e. The molecule has 0 spiro atoms. The molecule has 0 fully saturated rings. The molecule has 3 N–H and O–H groups in total. The van der Waals surface area contributed by atoms with Crippen molar-refractivity contribution in [2.75, 3.05) is 0 Å². The number of primary sulfonamides is 1. The Morgan fingerprint density at radius 1 is 1.33 bits per heavy atom. The van der Waals surface area contributed by atoms with Gasteiger partial charge in [-0.3, -0.25) is 14.9 Å². The smallest absolute Gasteiger partial charge is 0.271 e. The Morgan fingerprint density at radius 3 is 2.24 bits per heavy atom. The fourth-order valence-corrected chi connectivity index (χ4v) is 2.54. The first-order valence-electron chi connectivity index (χ1n) is 5.97. The van der Waals surface area contributed by atoms with Gasteiger partial charge in [0.2, 0.25) is 10.0 Å². The lowest BCUT2D eigenvalue weighted by Gasteiger charge is -2.21. The maximum atomic E-state index is 12.2. The van der Waals surface area contributed by atoms with E-state index in [1.54, 1.807) is 20.8 Å². The molecule has 0 aliphatic carbocycles. The predicted octanol–water partition coefficient (Wildman–Crippen LogP) is 1.08. The lowest BCUT2D eigenvalue weighted by atomic mass is 10.0. The number of rotatable bonds is 3. The summed E-state index contributed by atoms with van der Waals surface area (Å²) in [6.45, 7) is 6.58. The van der Waals surface area contributed by atoms with E-state index in [1.807, 2.05) is 0 Å². The molecule has 9 heteroatoms. The van der Waals surface area contributed by atoms with E-state index in [0.29, 0.717) is 0 Å². The monoisotopic (exact) mass is 315 g/mol. The summed E-state index contributed by atoms with van der Waals surface area (Å²) in [6, 6.07) is 1.88. The normalized spacial score (nSPS) is 12.0. The average Bonchev–Trinajstić information content (AvgIpc) is 2.24. The second kappa shape index (κ2) is 5.41. The van der Waals surface area contributed by atoms with E-state index in [4.69, 9.17) is 5.14 Å². The number of amides is 1. The van der Waals surface area contributed by atoms with Crippen molar-refractivity contribution >= 4 is 21.6 Å². The van der Waals surface area contributed by atoms with Crippen molar-refractivity contribution in [1.29, 1.82) is 0 Å². The number of nitro benzene ring substituents is 1.